The zero-order valence-electron chi connectivity index (χ0n) is 15.7. The molecular formula is C19H25N5O2S. The van der Waals surface area contributed by atoms with Gasteiger partial charge in [-0.05, 0) is 80.7 Å². The molecule has 0 spiro atoms. The zero-order chi connectivity index (χ0) is 19.2. The van der Waals surface area contributed by atoms with Gasteiger partial charge in [-0.2, -0.15) is 5.10 Å². The summed E-state index contributed by atoms with van der Waals surface area (Å²) in [5, 5.41) is 7.15. The number of hydrogen-bond donors (Lipinski definition) is 3. The smallest absolute Gasteiger partial charge is 0.307 e. The standard InChI is InChI=1S/C19H25N5O2S/c1-12(2)24-10-9-17(22-24)27(20,26)23-19(25)21-18-15-7-3-5-13(15)11-14-6-4-8-16(14)18/h9-12H,3-8H2,1-2H3,(H3,20,21,23,25,26). The summed E-state index contributed by atoms with van der Waals surface area (Å²) in [6, 6.07) is 3.30. The van der Waals surface area contributed by atoms with Gasteiger partial charge in [0.25, 0.3) is 0 Å². The summed E-state index contributed by atoms with van der Waals surface area (Å²) in [6.07, 6.45) is 7.85. The molecule has 1 heterocycles. The molecule has 144 valence electrons. The maximum absolute atomic E-state index is 12.7. The average molecular weight is 388 g/mol. The summed E-state index contributed by atoms with van der Waals surface area (Å²) in [5.74, 6) is 0. The van der Waals surface area contributed by atoms with Crippen LogP contribution in [0.4, 0.5) is 10.5 Å². The first kappa shape index (κ1) is 18.0. The Kier molecular flexibility index (Phi) is 4.46. The largest absolute Gasteiger partial charge is 0.332 e. The van der Waals surface area contributed by atoms with Gasteiger partial charge in [-0.1, -0.05) is 6.07 Å². The van der Waals surface area contributed by atoms with Crippen LogP contribution in [0.5, 0.6) is 0 Å². The number of anilines is 1. The van der Waals surface area contributed by atoms with Gasteiger partial charge in [0.05, 0.1) is 0 Å². The highest BCUT2D eigenvalue weighted by Gasteiger charge is 2.26. The molecule has 1 atom stereocenters. The number of aryl methyl sites for hydroxylation is 2. The van der Waals surface area contributed by atoms with Crippen molar-refractivity contribution in [2.24, 2.45) is 0 Å². The van der Waals surface area contributed by atoms with E-state index in [9.17, 15) is 9.00 Å². The van der Waals surface area contributed by atoms with Gasteiger partial charge in [0.15, 0.2) is 14.9 Å². The third kappa shape index (κ3) is 3.34. The van der Waals surface area contributed by atoms with E-state index in [1.807, 2.05) is 13.8 Å². The molecule has 2 aliphatic carbocycles. The highest BCUT2D eigenvalue weighted by Crippen LogP contribution is 2.38. The van der Waals surface area contributed by atoms with Crippen LogP contribution in [0.3, 0.4) is 0 Å². The van der Waals surface area contributed by atoms with Crippen LogP contribution in [0.2, 0.25) is 0 Å². The Bertz CT molecular complexity index is 975. The number of benzene rings is 1. The number of carbonyl (C=O) groups is 1. The molecule has 1 unspecified atom stereocenters. The first-order chi connectivity index (χ1) is 12.8. The number of carbonyl (C=O) groups excluding carboxylic acids is 1. The van der Waals surface area contributed by atoms with Crippen molar-refractivity contribution in [2.45, 2.75) is 63.4 Å². The second-order valence-corrected chi connectivity index (χ2v) is 9.31. The Labute approximate surface area is 159 Å². The van der Waals surface area contributed by atoms with Crippen LogP contribution in [0, 0.1) is 4.78 Å². The Hall–Kier alpha value is -2.35. The number of amides is 2. The van der Waals surface area contributed by atoms with E-state index in [1.165, 1.54) is 28.3 Å². The predicted octanol–water partition coefficient (Wildman–Crippen LogP) is 3.58. The maximum atomic E-state index is 12.7. The Balaban J connectivity index is 1.57. The SMILES string of the molecule is CC(C)n1ccc(S(=N)(=O)NC(=O)Nc2c3c(cc4c2CCC4)CCC3)n1. The third-order valence-corrected chi connectivity index (χ3v) is 6.64. The van der Waals surface area contributed by atoms with Gasteiger partial charge in [0.1, 0.15) is 0 Å². The topological polar surface area (TPSA) is 99.9 Å². The molecule has 8 heteroatoms. The van der Waals surface area contributed by atoms with Gasteiger partial charge in [-0.25, -0.2) is 18.5 Å². The molecule has 0 saturated carbocycles. The van der Waals surface area contributed by atoms with Gasteiger partial charge >= 0.3 is 6.03 Å². The number of nitrogens with one attached hydrogen (secondary N) is 3. The highest BCUT2D eigenvalue weighted by atomic mass is 32.2. The van der Waals surface area contributed by atoms with Crippen molar-refractivity contribution in [1.29, 1.82) is 4.78 Å². The van der Waals surface area contributed by atoms with Gasteiger partial charge < -0.3 is 5.32 Å². The summed E-state index contributed by atoms with van der Waals surface area (Å²) in [7, 11) is -3.51. The monoisotopic (exact) mass is 387 g/mol. The molecule has 0 saturated heterocycles. The molecule has 3 N–H and O–H groups in total. The Morgan fingerprint density at radius 2 is 1.81 bits per heavy atom. The molecule has 2 amide bonds. The van der Waals surface area contributed by atoms with Gasteiger partial charge in [-0.3, -0.25) is 4.68 Å². The quantitative estimate of drug-likeness (QED) is 0.747. The number of rotatable bonds is 4. The third-order valence-electron chi connectivity index (χ3n) is 5.36. The Morgan fingerprint density at radius 1 is 1.19 bits per heavy atom. The fraction of sp³-hybridized carbons (Fsp3) is 0.474. The lowest BCUT2D eigenvalue weighted by molar-refractivity contribution is 0.256. The van der Waals surface area contributed by atoms with E-state index >= 15 is 0 Å². The molecule has 2 aliphatic rings. The van der Waals surface area contributed by atoms with Crippen molar-refractivity contribution in [3.05, 3.63) is 40.6 Å². The van der Waals surface area contributed by atoms with Gasteiger partial charge in [0.2, 0.25) is 0 Å². The van der Waals surface area contributed by atoms with Crippen molar-refractivity contribution >= 4 is 21.6 Å². The molecule has 0 radical (unpaired) electrons. The van der Waals surface area contributed by atoms with E-state index in [1.54, 1.807) is 10.9 Å². The normalized spacial score (nSPS) is 17.4. The van der Waals surface area contributed by atoms with Crippen molar-refractivity contribution in [1.82, 2.24) is 14.5 Å². The minimum absolute atomic E-state index is 0.0647. The lowest BCUT2D eigenvalue weighted by Gasteiger charge is -2.17. The summed E-state index contributed by atoms with van der Waals surface area (Å²) in [4.78, 5) is 12.6. The average Bonchev–Trinajstić information content (AvgIpc) is 3.34. The molecule has 7 nitrogen and oxygen atoms in total. The van der Waals surface area contributed by atoms with E-state index in [2.05, 4.69) is 21.2 Å². The minimum Gasteiger partial charge on any atom is -0.307 e. The number of hydrogen-bond acceptors (Lipinski definition) is 4. The first-order valence-electron chi connectivity index (χ1n) is 9.44. The number of nitrogens with zero attached hydrogens (tertiary/aromatic N) is 2. The van der Waals surface area contributed by atoms with Crippen LogP contribution in [-0.2, 0) is 35.6 Å². The molecule has 27 heavy (non-hydrogen) atoms. The molecule has 1 aromatic heterocycles. The summed E-state index contributed by atoms with van der Waals surface area (Å²) >= 11 is 0. The molecule has 1 aromatic carbocycles. The first-order valence-corrected chi connectivity index (χ1v) is 11.0. The minimum atomic E-state index is -3.51. The van der Waals surface area contributed by atoms with Crippen LogP contribution in [0.1, 0.15) is 55.0 Å². The lowest BCUT2D eigenvalue weighted by Crippen LogP contribution is -2.34. The highest BCUT2D eigenvalue weighted by molar-refractivity contribution is 7.91. The van der Waals surface area contributed by atoms with Crippen molar-refractivity contribution < 1.29 is 9.00 Å². The number of fused-ring (bicyclic) bond motifs is 2. The van der Waals surface area contributed by atoms with E-state index < -0.39 is 15.9 Å². The molecule has 0 fully saturated rings. The van der Waals surface area contributed by atoms with E-state index in [-0.39, 0.29) is 11.1 Å². The van der Waals surface area contributed by atoms with Crippen molar-refractivity contribution in [2.75, 3.05) is 5.32 Å². The van der Waals surface area contributed by atoms with Crippen LogP contribution in [-0.4, -0.2) is 20.0 Å². The lowest BCUT2D eigenvalue weighted by atomic mass is 9.99. The van der Waals surface area contributed by atoms with Crippen LogP contribution in [0.25, 0.3) is 0 Å². The fourth-order valence-corrected chi connectivity index (χ4v) is 4.93. The van der Waals surface area contributed by atoms with Crippen LogP contribution >= 0.6 is 0 Å². The molecule has 2 aromatic rings. The van der Waals surface area contributed by atoms with E-state index in [0.717, 1.165) is 44.2 Å². The van der Waals surface area contributed by atoms with Gasteiger partial charge in [0, 0.05) is 17.9 Å². The summed E-state index contributed by atoms with van der Waals surface area (Å²) < 4.78 is 24.8. The van der Waals surface area contributed by atoms with E-state index in [0.29, 0.717) is 0 Å². The Morgan fingerprint density at radius 3 is 2.37 bits per heavy atom. The maximum Gasteiger partial charge on any atom is 0.332 e. The molecule has 4 rings (SSSR count). The van der Waals surface area contributed by atoms with Crippen molar-refractivity contribution in [3.63, 3.8) is 0 Å². The fourth-order valence-electron chi connectivity index (χ4n) is 4.05. The molecule has 0 aliphatic heterocycles. The molecule has 0 bridgehead atoms. The zero-order valence-corrected chi connectivity index (χ0v) is 16.5. The van der Waals surface area contributed by atoms with E-state index in [4.69, 9.17) is 4.78 Å². The summed E-state index contributed by atoms with van der Waals surface area (Å²) in [6.45, 7) is 3.89. The molecular weight excluding hydrogens is 362 g/mol. The number of urea groups is 1. The second kappa shape index (κ2) is 6.67. The second-order valence-electron chi connectivity index (χ2n) is 7.57. The summed E-state index contributed by atoms with van der Waals surface area (Å²) in [5.41, 5.74) is 5.90. The van der Waals surface area contributed by atoms with Crippen LogP contribution in [0.15, 0.2) is 23.4 Å². The predicted molar refractivity (Wildman–Crippen MR) is 104 cm³/mol. The van der Waals surface area contributed by atoms with Gasteiger partial charge in [-0.15, -0.1) is 0 Å². The van der Waals surface area contributed by atoms with Crippen molar-refractivity contribution in [3.8, 4) is 0 Å². The number of aromatic nitrogens is 2. The van der Waals surface area contributed by atoms with Crippen LogP contribution < -0.4 is 10.0 Å².